The minimum atomic E-state index is 0.0729. The smallest absolute Gasteiger partial charge is 0.163 e. The molecule has 1 heterocycles. The summed E-state index contributed by atoms with van der Waals surface area (Å²) in [5.41, 5.74) is 5.28. The number of hydrazone groups is 1. The van der Waals surface area contributed by atoms with Crippen molar-refractivity contribution in [3.63, 3.8) is 0 Å². The molecule has 0 aliphatic carbocycles. The van der Waals surface area contributed by atoms with Crippen molar-refractivity contribution in [1.82, 2.24) is 9.97 Å². The van der Waals surface area contributed by atoms with Gasteiger partial charge in [0.1, 0.15) is 0 Å². The predicted molar refractivity (Wildman–Crippen MR) is 116 cm³/mol. The van der Waals surface area contributed by atoms with Crippen LogP contribution in [-0.2, 0) is 0 Å². The molecular weight excluding hydrogens is 388 g/mol. The Labute approximate surface area is 172 Å². The molecule has 2 N–H and O–H groups in total. The van der Waals surface area contributed by atoms with Crippen LogP contribution in [0.4, 0.5) is 5.82 Å². The molecule has 0 aliphatic heterocycles. The molecule has 0 saturated carbocycles. The standard InChI is InChI=1S/C22H17ClN4O2/c1-29-20-12-14(10-11-19(20)28)13-24-27-22-16-7-3-5-9-18(16)25-21(26-22)15-6-2-4-8-17(15)23/h2-13,28H,1H3,(H,25,26,27)/b24-13-. The van der Waals surface area contributed by atoms with E-state index in [1.165, 1.54) is 7.11 Å². The van der Waals surface area contributed by atoms with Gasteiger partial charge >= 0.3 is 0 Å². The van der Waals surface area contributed by atoms with Crippen molar-refractivity contribution in [3.05, 3.63) is 77.3 Å². The maximum absolute atomic E-state index is 9.71. The van der Waals surface area contributed by atoms with Crippen molar-refractivity contribution in [2.45, 2.75) is 0 Å². The summed E-state index contributed by atoms with van der Waals surface area (Å²) in [5, 5.41) is 15.4. The van der Waals surface area contributed by atoms with Crippen LogP contribution in [0.25, 0.3) is 22.3 Å². The van der Waals surface area contributed by atoms with E-state index < -0.39 is 0 Å². The van der Waals surface area contributed by atoms with E-state index >= 15 is 0 Å². The van der Waals surface area contributed by atoms with Gasteiger partial charge in [0.25, 0.3) is 0 Å². The molecule has 0 atom stereocenters. The number of ether oxygens (including phenoxy) is 1. The second-order valence-electron chi connectivity index (χ2n) is 6.19. The average Bonchev–Trinajstić information content (AvgIpc) is 2.75. The third-order valence-corrected chi connectivity index (χ3v) is 4.64. The first-order chi connectivity index (χ1) is 14.2. The number of nitrogens with one attached hydrogen (secondary N) is 1. The van der Waals surface area contributed by atoms with Crippen LogP contribution in [0.5, 0.6) is 11.5 Å². The van der Waals surface area contributed by atoms with E-state index in [0.717, 1.165) is 22.0 Å². The first kappa shape index (κ1) is 18.7. The molecule has 0 spiro atoms. The quantitative estimate of drug-likeness (QED) is 0.357. The van der Waals surface area contributed by atoms with Gasteiger partial charge in [0.15, 0.2) is 23.1 Å². The molecule has 6 nitrogen and oxygen atoms in total. The topological polar surface area (TPSA) is 79.6 Å². The monoisotopic (exact) mass is 404 g/mol. The lowest BCUT2D eigenvalue weighted by atomic mass is 10.2. The molecule has 144 valence electrons. The van der Waals surface area contributed by atoms with Crippen molar-refractivity contribution in [2.75, 3.05) is 12.5 Å². The first-order valence-corrected chi connectivity index (χ1v) is 9.21. The Balaban J connectivity index is 1.70. The summed E-state index contributed by atoms with van der Waals surface area (Å²) in [6, 6.07) is 20.1. The molecule has 0 bridgehead atoms. The molecule has 3 aromatic carbocycles. The fraction of sp³-hybridized carbons (Fsp3) is 0.0455. The molecule has 7 heteroatoms. The number of hydrogen-bond donors (Lipinski definition) is 2. The highest BCUT2D eigenvalue weighted by molar-refractivity contribution is 6.33. The molecule has 29 heavy (non-hydrogen) atoms. The number of anilines is 1. The van der Waals surface area contributed by atoms with E-state index in [-0.39, 0.29) is 5.75 Å². The molecule has 0 radical (unpaired) electrons. The Hall–Kier alpha value is -3.64. The largest absolute Gasteiger partial charge is 0.504 e. The fourth-order valence-corrected chi connectivity index (χ4v) is 3.09. The number of rotatable bonds is 5. The second-order valence-corrected chi connectivity index (χ2v) is 6.60. The molecular formula is C22H17ClN4O2. The van der Waals surface area contributed by atoms with Crippen molar-refractivity contribution >= 4 is 34.5 Å². The van der Waals surface area contributed by atoms with Gasteiger partial charge in [0.05, 0.1) is 23.9 Å². The number of halogens is 1. The van der Waals surface area contributed by atoms with E-state index in [1.807, 2.05) is 42.5 Å². The Morgan fingerprint density at radius 2 is 1.83 bits per heavy atom. The predicted octanol–water partition coefficient (Wildman–Crippen LogP) is 5.11. The lowest BCUT2D eigenvalue weighted by Gasteiger charge is -2.09. The van der Waals surface area contributed by atoms with Gasteiger partial charge in [0.2, 0.25) is 0 Å². The van der Waals surface area contributed by atoms with Gasteiger partial charge in [-0.15, -0.1) is 0 Å². The van der Waals surface area contributed by atoms with Gasteiger partial charge < -0.3 is 9.84 Å². The van der Waals surface area contributed by atoms with Gasteiger partial charge in [-0.25, -0.2) is 9.97 Å². The van der Waals surface area contributed by atoms with Gasteiger partial charge in [-0.1, -0.05) is 35.9 Å². The zero-order chi connectivity index (χ0) is 20.2. The van der Waals surface area contributed by atoms with Crippen LogP contribution in [-0.4, -0.2) is 28.4 Å². The minimum Gasteiger partial charge on any atom is -0.504 e. The van der Waals surface area contributed by atoms with Crippen molar-refractivity contribution in [1.29, 1.82) is 0 Å². The summed E-state index contributed by atoms with van der Waals surface area (Å²) in [6.07, 6.45) is 1.62. The summed E-state index contributed by atoms with van der Waals surface area (Å²) in [6.45, 7) is 0. The number of nitrogens with zero attached hydrogens (tertiary/aromatic N) is 3. The Bertz CT molecular complexity index is 1210. The lowest BCUT2D eigenvalue weighted by molar-refractivity contribution is 0.373. The van der Waals surface area contributed by atoms with E-state index in [9.17, 15) is 5.11 Å². The molecule has 4 rings (SSSR count). The molecule has 0 fully saturated rings. The number of benzene rings is 3. The lowest BCUT2D eigenvalue weighted by Crippen LogP contribution is -1.99. The van der Waals surface area contributed by atoms with Crippen LogP contribution in [0.15, 0.2) is 71.8 Å². The van der Waals surface area contributed by atoms with Crippen LogP contribution in [0.2, 0.25) is 5.02 Å². The number of fused-ring (bicyclic) bond motifs is 1. The number of phenolic OH excluding ortho intramolecular Hbond substituents is 1. The van der Waals surface area contributed by atoms with E-state index in [2.05, 4.69) is 20.5 Å². The van der Waals surface area contributed by atoms with E-state index in [0.29, 0.717) is 22.4 Å². The molecule has 1 aromatic heterocycles. The molecule has 0 amide bonds. The Morgan fingerprint density at radius 3 is 2.66 bits per heavy atom. The van der Waals surface area contributed by atoms with Crippen molar-refractivity contribution in [3.8, 4) is 22.9 Å². The number of hydrogen-bond acceptors (Lipinski definition) is 6. The normalized spacial score (nSPS) is 11.1. The third-order valence-electron chi connectivity index (χ3n) is 4.31. The molecule has 0 aliphatic rings. The number of aromatic hydroxyl groups is 1. The SMILES string of the molecule is COc1cc(/C=N\Nc2nc(-c3ccccc3Cl)nc3ccccc23)ccc1O. The van der Waals surface area contributed by atoms with Crippen LogP contribution < -0.4 is 10.2 Å². The highest BCUT2D eigenvalue weighted by Crippen LogP contribution is 2.29. The maximum atomic E-state index is 9.71. The zero-order valence-electron chi connectivity index (χ0n) is 15.5. The van der Waals surface area contributed by atoms with Gasteiger partial charge in [-0.2, -0.15) is 5.10 Å². The fourth-order valence-electron chi connectivity index (χ4n) is 2.87. The number of phenols is 1. The van der Waals surface area contributed by atoms with Gasteiger partial charge in [-0.05, 0) is 48.0 Å². The van der Waals surface area contributed by atoms with E-state index in [1.54, 1.807) is 30.5 Å². The molecule has 0 unspecified atom stereocenters. The Kier molecular flexibility index (Phi) is 5.27. The maximum Gasteiger partial charge on any atom is 0.163 e. The van der Waals surface area contributed by atoms with E-state index in [4.69, 9.17) is 16.3 Å². The highest BCUT2D eigenvalue weighted by atomic mass is 35.5. The summed E-state index contributed by atoms with van der Waals surface area (Å²) in [5.74, 6) is 1.53. The number of para-hydroxylation sites is 1. The summed E-state index contributed by atoms with van der Waals surface area (Å²) in [4.78, 5) is 9.26. The minimum absolute atomic E-state index is 0.0729. The first-order valence-electron chi connectivity index (χ1n) is 8.83. The average molecular weight is 405 g/mol. The highest BCUT2D eigenvalue weighted by Gasteiger charge is 2.11. The van der Waals surface area contributed by atoms with Gasteiger partial charge in [-0.3, -0.25) is 5.43 Å². The summed E-state index contributed by atoms with van der Waals surface area (Å²) >= 11 is 6.33. The summed E-state index contributed by atoms with van der Waals surface area (Å²) < 4.78 is 5.12. The molecule has 0 saturated heterocycles. The number of methoxy groups -OCH3 is 1. The van der Waals surface area contributed by atoms with Gasteiger partial charge in [0, 0.05) is 10.9 Å². The summed E-state index contributed by atoms with van der Waals surface area (Å²) in [7, 11) is 1.50. The second kappa shape index (κ2) is 8.16. The number of aromatic nitrogens is 2. The Morgan fingerprint density at radius 1 is 1.03 bits per heavy atom. The third kappa shape index (κ3) is 3.97. The zero-order valence-corrected chi connectivity index (χ0v) is 16.3. The van der Waals surface area contributed by atoms with Crippen LogP contribution in [0.1, 0.15) is 5.56 Å². The molecule has 4 aromatic rings. The van der Waals surface area contributed by atoms with Crippen LogP contribution >= 0.6 is 11.6 Å². The van der Waals surface area contributed by atoms with Crippen molar-refractivity contribution < 1.29 is 9.84 Å². The van der Waals surface area contributed by atoms with Crippen molar-refractivity contribution in [2.24, 2.45) is 5.10 Å². The van der Waals surface area contributed by atoms with Crippen LogP contribution in [0.3, 0.4) is 0 Å². The van der Waals surface area contributed by atoms with Crippen LogP contribution in [0, 0.1) is 0 Å².